The number of fused-ring (bicyclic) bond motifs is 2. The van der Waals surface area contributed by atoms with Gasteiger partial charge in [-0.05, 0) is 57.0 Å². The van der Waals surface area contributed by atoms with Crippen LogP contribution in [-0.4, -0.2) is 57.6 Å². The summed E-state index contributed by atoms with van der Waals surface area (Å²) in [7, 11) is 4.07. The SMILES string of the molecule is CN(C(=O)c1ccc(-n2cccc2)cc1O)C1CC2CCC(C1)N2C. The molecule has 2 aliphatic heterocycles. The van der Waals surface area contributed by atoms with Crippen LogP contribution in [0.2, 0.25) is 0 Å². The zero-order valence-electron chi connectivity index (χ0n) is 14.8. The number of hydrogen-bond acceptors (Lipinski definition) is 3. The van der Waals surface area contributed by atoms with Gasteiger partial charge in [0.15, 0.2) is 0 Å². The minimum Gasteiger partial charge on any atom is -0.507 e. The molecule has 0 spiro atoms. The van der Waals surface area contributed by atoms with Gasteiger partial charge in [0.25, 0.3) is 5.91 Å². The number of phenols is 1. The highest BCUT2D eigenvalue weighted by molar-refractivity contribution is 5.97. The molecule has 0 radical (unpaired) electrons. The lowest BCUT2D eigenvalue weighted by Crippen LogP contribution is -2.49. The maximum absolute atomic E-state index is 12.9. The first-order valence-electron chi connectivity index (χ1n) is 9.00. The minimum atomic E-state index is -0.0921. The summed E-state index contributed by atoms with van der Waals surface area (Å²) in [6.45, 7) is 0. The summed E-state index contributed by atoms with van der Waals surface area (Å²) in [5.74, 6) is -0.0514. The zero-order chi connectivity index (χ0) is 17.6. The van der Waals surface area contributed by atoms with Crippen LogP contribution in [0.1, 0.15) is 36.0 Å². The Balaban J connectivity index is 1.52. The lowest BCUT2D eigenvalue weighted by Gasteiger charge is -2.40. The normalized spacial score (nSPS) is 25.9. The molecular formula is C20H25N3O2. The molecule has 25 heavy (non-hydrogen) atoms. The fraction of sp³-hybridized carbons (Fsp3) is 0.450. The lowest BCUT2D eigenvalue weighted by atomic mass is 9.96. The molecule has 2 saturated heterocycles. The number of hydrogen-bond donors (Lipinski definition) is 1. The Bertz CT molecular complexity index is 757. The van der Waals surface area contributed by atoms with Gasteiger partial charge in [0.2, 0.25) is 0 Å². The molecule has 0 saturated carbocycles. The molecule has 2 aliphatic rings. The predicted octanol–water partition coefficient (Wildman–Crippen LogP) is 2.88. The number of carbonyl (C=O) groups excluding carboxylic acids is 1. The third-order valence-corrected chi connectivity index (χ3v) is 6.06. The molecule has 5 nitrogen and oxygen atoms in total. The first-order valence-corrected chi connectivity index (χ1v) is 9.00. The lowest BCUT2D eigenvalue weighted by molar-refractivity contribution is 0.0560. The van der Waals surface area contributed by atoms with Gasteiger partial charge >= 0.3 is 0 Å². The summed E-state index contributed by atoms with van der Waals surface area (Å²) >= 11 is 0. The van der Waals surface area contributed by atoms with E-state index in [1.165, 1.54) is 12.8 Å². The zero-order valence-corrected chi connectivity index (χ0v) is 14.8. The second-order valence-corrected chi connectivity index (χ2v) is 7.38. The fourth-order valence-corrected chi connectivity index (χ4v) is 4.42. The molecule has 1 aromatic carbocycles. The molecule has 2 atom stereocenters. The van der Waals surface area contributed by atoms with Crippen molar-refractivity contribution in [2.45, 2.75) is 43.8 Å². The summed E-state index contributed by atoms with van der Waals surface area (Å²) in [6, 6.07) is 10.5. The summed E-state index contributed by atoms with van der Waals surface area (Å²) < 4.78 is 1.91. The third-order valence-electron chi connectivity index (χ3n) is 6.06. The van der Waals surface area contributed by atoms with Crippen LogP contribution in [0, 0.1) is 0 Å². The van der Waals surface area contributed by atoms with E-state index in [2.05, 4.69) is 11.9 Å². The molecule has 3 heterocycles. The first kappa shape index (κ1) is 16.2. The quantitative estimate of drug-likeness (QED) is 0.935. The van der Waals surface area contributed by atoms with E-state index < -0.39 is 0 Å². The van der Waals surface area contributed by atoms with Gasteiger partial charge in [-0.2, -0.15) is 0 Å². The van der Waals surface area contributed by atoms with Crippen molar-refractivity contribution in [2.24, 2.45) is 0 Å². The summed E-state index contributed by atoms with van der Waals surface area (Å²) in [6.07, 6.45) is 8.34. The Morgan fingerprint density at radius 2 is 1.80 bits per heavy atom. The highest BCUT2D eigenvalue weighted by Gasteiger charge is 2.40. The molecule has 132 valence electrons. The van der Waals surface area contributed by atoms with E-state index in [0.29, 0.717) is 17.6 Å². The van der Waals surface area contributed by atoms with Crippen LogP contribution in [-0.2, 0) is 0 Å². The first-order chi connectivity index (χ1) is 12.0. The molecule has 2 unspecified atom stereocenters. The van der Waals surface area contributed by atoms with E-state index in [9.17, 15) is 9.90 Å². The van der Waals surface area contributed by atoms with E-state index >= 15 is 0 Å². The van der Waals surface area contributed by atoms with Crippen molar-refractivity contribution in [3.05, 3.63) is 48.3 Å². The molecule has 5 heteroatoms. The molecular weight excluding hydrogens is 314 g/mol. The molecule has 2 fully saturated rings. The fourth-order valence-electron chi connectivity index (χ4n) is 4.42. The topological polar surface area (TPSA) is 48.7 Å². The number of piperidine rings is 1. The van der Waals surface area contributed by atoms with Crippen LogP contribution in [0.5, 0.6) is 5.75 Å². The van der Waals surface area contributed by atoms with Crippen LogP contribution < -0.4 is 0 Å². The van der Waals surface area contributed by atoms with E-state index in [0.717, 1.165) is 18.5 Å². The Morgan fingerprint density at radius 1 is 1.16 bits per heavy atom. The number of phenolic OH excluding ortho intramolecular Hbond substituents is 1. The standard InChI is InChI=1S/C20H25N3O2/c1-21-14-5-6-15(21)12-17(11-14)22(2)20(25)18-8-7-16(13-19(18)24)23-9-3-4-10-23/h3-4,7-10,13-15,17,24H,5-6,11-12H2,1-2H3. The maximum atomic E-state index is 12.9. The third kappa shape index (κ3) is 2.82. The Hall–Kier alpha value is -2.27. The number of amides is 1. The average molecular weight is 339 g/mol. The van der Waals surface area contributed by atoms with Gasteiger partial charge in [0.1, 0.15) is 5.75 Å². The number of aromatic nitrogens is 1. The molecule has 1 amide bonds. The van der Waals surface area contributed by atoms with E-state index in [4.69, 9.17) is 0 Å². The van der Waals surface area contributed by atoms with Crippen LogP contribution in [0.3, 0.4) is 0 Å². The van der Waals surface area contributed by atoms with E-state index in [1.54, 1.807) is 12.1 Å². The number of aromatic hydroxyl groups is 1. The number of benzene rings is 1. The number of carbonyl (C=O) groups is 1. The van der Waals surface area contributed by atoms with Gasteiger partial charge in [0.05, 0.1) is 5.56 Å². The van der Waals surface area contributed by atoms with Crippen molar-refractivity contribution in [3.8, 4) is 11.4 Å². The smallest absolute Gasteiger partial charge is 0.257 e. The monoisotopic (exact) mass is 339 g/mol. The van der Waals surface area contributed by atoms with Crippen molar-refractivity contribution >= 4 is 5.91 Å². The van der Waals surface area contributed by atoms with Crippen LogP contribution >= 0.6 is 0 Å². The molecule has 2 bridgehead atoms. The van der Waals surface area contributed by atoms with Crippen molar-refractivity contribution in [2.75, 3.05) is 14.1 Å². The molecule has 0 aliphatic carbocycles. The Labute approximate surface area is 148 Å². The minimum absolute atomic E-state index is 0.0407. The van der Waals surface area contributed by atoms with E-state index in [-0.39, 0.29) is 17.7 Å². The predicted molar refractivity (Wildman–Crippen MR) is 97.1 cm³/mol. The van der Waals surface area contributed by atoms with Crippen molar-refractivity contribution in [3.63, 3.8) is 0 Å². The second-order valence-electron chi connectivity index (χ2n) is 7.38. The Kier molecular flexibility index (Phi) is 4.04. The largest absolute Gasteiger partial charge is 0.507 e. The molecule has 1 aromatic heterocycles. The van der Waals surface area contributed by atoms with Gasteiger partial charge in [-0.3, -0.25) is 4.79 Å². The maximum Gasteiger partial charge on any atom is 0.257 e. The van der Waals surface area contributed by atoms with Gasteiger partial charge < -0.3 is 19.5 Å². The van der Waals surface area contributed by atoms with Crippen LogP contribution in [0.25, 0.3) is 5.69 Å². The van der Waals surface area contributed by atoms with Crippen molar-refractivity contribution in [1.82, 2.24) is 14.4 Å². The van der Waals surface area contributed by atoms with E-state index in [1.807, 2.05) is 47.1 Å². The molecule has 2 aromatic rings. The average Bonchev–Trinajstić information content (AvgIpc) is 3.19. The highest BCUT2D eigenvalue weighted by atomic mass is 16.3. The molecule has 1 N–H and O–H groups in total. The summed E-state index contributed by atoms with van der Waals surface area (Å²) in [4.78, 5) is 17.2. The summed E-state index contributed by atoms with van der Waals surface area (Å²) in [5.41, 5.74) is 1.23. The number of nitrogens with zero attached hydrogens (tertiary/aromatic N) is 3. The van der Waals surface area contributed by atoms with Gasteiger partial charge in [-0.1, -0.05) is 0 Å². The second kappa shape index (κ2) is 6.23. The Morgan fingerprint density at radius 3 is 2.40 bits per heavy atom. The van der Waals surface area contributed by atoms with Crippen LogP contribution in [0.4, 0.5) is 0 Å². The van der Waals surface area contributed by atoms with Gasteiger partial charge in [-0.25, -0.2) is 0 Å². The van der Waals surface area contributed by atoms with Gasteiger partial charge in [-0.15, -0.1) is 0 Å². The van der Waals surface area contributed by atoms with Gasteiger partial charge in [0, 0.05) is 49.3 Å². The highest BCUT2D eigenvalue weighted by Crippen LogP contribution is 2.36. The van der Waals surface area contributed by atoms with Crippen molar-refractivity contribution in [1.29, 1.82) is 0 Å². The molecule has 4 rings (SSSR count). The van der Waals surface area contributed by atoms with Crippen LogP contribution in [0.15, 0.2) is 42.7 Å². The summed E-state index contributed by atoms with van der Waals surface area (Å²) in [5, 5.41) is 10.4. The van der Waals surface area contributed by atoms with Crippen molar-refractivity contribution < 1.29 is 9.90 Å². The number of rotatable bonds is 3.